The van der Waals surface area contributed by atoms with Crippen LogP contribution in [0.15, 0.2) is 24.3 Å². The molecule has 1 fully saturated rings. The van der Waals surface area contributed by atoms with E-state index in [0.29, 0.717) is 0 Å². The lowest BCUT2D eigenvalue weighted by Gasteiger charge is -2.23. The van der Waals surface area contributed by atoms with E-state index in [0.717, 1.165) is 51.0 Å². The number of anilines is 1. The molecule has 1 aliphatic carbocycles. The fourth-order valence-electron chi connectivity index (χ4n) is 2.94. The van der Waals surface area contributed by atoms with Gasteiger partial charge in [0.05, 0.1) is 5.54 Å². The zero-order valence-electron chi connectivity index (χ0n) is 13.2. The predicted octanol–water partition coefficient (Wildman–Crippen LogP) is 2.74. The summed E-state index contributed by atoms with van der Waals surface area (Å²) in [7, 11) is 0. The van der Waals surface area contributed by atoms with Crippen LogP contribution in [0.25, 0.3) is 0 Å². The van der Waals surface area contributed by atoms with Gasteiger partial charge in [-0.2, -0.15) is 0 Å². The van der Waals surface area contributed by atoms with Gasteiger partial charge in [0.1, 0.15) is 0 Å². The Morgan fingerprint density at radius 2 is 1.95 bits per heavy atom. The number of benzene rings is 1. The first-order valence-corrected chi connectivity index (χ1v) is 7.99. The zero-order chi connectivity index (χ0) is 15.3. The maximum atomic E-state index is 12.3. The molecule has 1 amide bonds. The average Bonchev–Trinajstić information content (AvgIpc) is 2.93. The molecule has 0 spiro atoms. The van der Waals surface area contributed by atoms with Crippen molar-refractivity contribution in [2.45, 2.75) is 51.6 Å². The van der Waals surface area contributed by atoms with Crippen LogP contribution in [0.1, 0.15) is 45.1 Å². The number of nitrogens with one attached hydrogen (secondary N) is 1. The number of carbonyl (C=O) groups is 1. The summed E-state index contributed by atoms with van der Waals surface area (Å²) in [6.45, 7) is 7.28. The van der Waals surface area contributed by atoms with E-state index in [4.69, 9.17) is 5.73 Å². The summed E-state index contributed by atoms with van der Waals surface area (Å²) in [4.78, 5) is 14.7. The molecule has 0 heterocycles. The van der Waals surface area contributed by atoms with E-state index in [2.05, 4.69) is 36.2 Å². The molecule has 0 atom stereocenters. The second-order valence-corrected chi connectivity index (χ2v) is 5.98. The summed E-state index contributed by atoms with van der Waals surface area (Å²) in [5.41, 5.74) is 7.59. The standard InChI is InChI=1S/C17H27N3O/c1-3-20(4-2)13-14-8-7-9-15(12-14)19-16(21)17(18)10-5-6-11-17/h7-9,12H,3-6,10-11,13,18H2,1-2H3,(H,19,21). The van der Waals surface area contributed by atoms with E-state index in [1.54, 1.807) is 0 Å². The monoisotopic (exact) mass is 289 g/mol. The van der Waals surface area contributed by atoms with Gasteiger partial charge in [0.25, 0.3) is 0 Å². The quantitative estimate of drug-likeness (QED) is 0.846. The van der Waals surface area contributed by atoms with Crippen LogP contribution in [0.5, 0.6) is 0 Å². The fraction of sp³-hybridized carbons (Fsp3) is 0.588. The summed E-state index contributed by atoms with van der Waals surface area (Å²) in [6.07, 6.45) is 3.67. The molecule has 0 bridgehead atoms. The minimum Gasteiger partial charge on any atom is -0.324 e. The van der Waals surface area contributed by atoms with Crippen molar-refractivity contribution in [2.75, 3.05) is 18.4 Å². The Kier molecular flexibility index (Phi) is 5.37. The first kappa shape index (κ1) is 16.0. The van der Waals surface area contributed by atoms with Crippen LogP contribution in [0.4, 0.5) is 5.69 Å². The van der Waals surface area contributed by atoms with Crippen LogP contribution in [-0.4, -0.2) is 29.4 Å². The van der Waals surface area contributed by atoms with Crippen molar-refractivity contribution in [2.24, 2.45) is 5.73 Å². The highest BCUT2D eigenvalue weighted by Crippen LogP contribution is 2.28. The molecule has 116 valence electrons. The van der Waals surface area contributed by atoms with Crippen molar-refractivity contribution in [3.63, 3.8) is 0 Å². The van der Waals surface area contributed by atoms with Gasteiger partial charge in [0.2, 0.25) is 5.91 Å². The normalized spacial score (nSPS) is 17.1. The Hall–Kier alpha value is -1.39. The van der Waals surface area contributed by atoms with Crippen LogP contribution >= 0.6 is 0 Å². The van der Waals surface area contributed by atoms with Crippen molar-refractivity contribution in [3.05, 3.63) is 29.8 Å². The highest BCUT2D eigenvalue weighted by Gasteiger charge is 2.36. The van der Waals surface area contributed by atoms with Crippen molar-refractivity contribution < 1.29 is 4.79 Å². The van der Waals surface area contributed by atoms with Gasteiger partial charge in [0.15, 0.2) is 0 Å². The molecule has 0 unspecified atom stereocenters. The molecule has 0 aliphatic heterocycles. The molecule has 1 saturated carbocycles. The van der Waals surface area contributed by atoms with Crippen LogP contribution in [0.3, 0.4) is 0 Å². The highest BCUT2D eigenvalue weighted by atomic mass is 16.2. The lowest BCUT2D eigenvalue weighted by molar-refractivity contribution is -0.121. The summed E-state index contributed by atoms with van der Waals surface area (Å²) in [5.74, 6) is -0.0417. The number of hydrogen-bond acceptors (Lipinski definition) is 3. The van der Waals surface area contributed by atoms with E-state index in [9.17, 15) is 4.79 Å². The third-order valence-electron chi connectivity index (χ3n) is 4.43. The van der Waals surface area contributed by atoms with Crippen molar-refractivity contribution in [3.8, 4) is 0 Å². The van der Waals surface area contributed by atoms with Crippen molar-refractivity contribution in [1.82, 2.24) is 4.90 Å². The molecule has 2 rings (SSSR count). The van der Waals surface area contributed by atoms with E-state index < -0.39 is 5.54 Å². The Morgan fingerprint density at radius 1 is 1.29 bits per heavy atom. The number of carbonyl (C=O) groups excluding carboxylic acids is 1. The molecule has 4 nitrogen and oxygen atoms in total. The van der Waals surface area contributed by atoms with E-state index in [-0.39, 0.29) is 5.91 Å². The Bertz CT molecular complexity index is 477. The Morgan fingerprint density at radius 3 is 2.57 bits per heavy atom. The maximum absolute atomic E-state index is 12.3. The van der Waals surface area contributed by atoms with Crippen LogP contribution in [0.2, 0.25) is 0 Å². The van der Waals surface area contributed by atoms with Crippen LogP contribution in [0, 0.1) is 0 Å². The van der Waals surface area contributed by atoms with E-state index in [1.807, 2.05) is 12.1 Å². The molecular weight excluding hydrogens is 262 g/mol. The van der Waals surface area contributed by atoms with Gasteiger partial charge >= 0.3 is 0 Å². The molecular formula is C17H27N3O. The smallest absolute Gasteiger partial charge is 0.244 e. The molecule has 4 heteroatoms. The summed E-state index contributed by atoms with van der Waals surface area (Å²) in [5, 5.41) is 2.99. The number of amides is 1. The number of nitrogens with two attached hydrogens (primary N) is 1. The third-order valence-corrected chi connectivity index (χ3v) is 4.43. The molecule has 0 aromatic heterocycles. The first-order chi connectivity index (χ1) is 10.1. The van der Waals surface area contributed by atoms with Gasteiger partial charge in [-0.25, -0.2) is 0 Å². The molecule has 1 aromatic carbocycles. The average molecular weight is 289 g/mol. The summed E-state index contributed by atoms with van der Waals surface area (Å²) >= 11 is 0. The van der Waals surface area contributed by atoms with Gasteiger partial charge in [-0.05, 0) is 43.6 Å². The molecule has 3 N–H and O–H groups in total. The van der Waals surface area contributed by atoms with Gasteiger partial charge in [0, 0.05) is 12.2 Å². The predicted molar refractivity (Wildman–Crippen MR) is 87.1 cm³/mol. The topological polar surface area (TPSA) is 58.4 Å². The molecule has 1 aromatic rings. The molecule has 0 radical (unpaired) electrons. The second-order valence-electron chi connectivity index (χ2n) is 5.98. The number of nitrogens with zero attached hydrogens (tertiary/aromatic N) is 1. The van der Waals surface area contributed by atoms with Crippen molar-refractivity contribution >= 4 is 11.6 Å². The Labute approximate surface area is 127 Å². The number of rotatable bonds is 6. The van der Waals surface area contributed by atoms with Gasteiger partial charge in [-0.3, -0.25) is 9.69 Å². The highest BCUT2D eigenvalue weighted by molar-refractivity contribution is 5.98. The SMILES string of the molecule is CCN(CC)Cc1cccc(NC(=O)C2(N)CCCC2)c1. The van der Waals surface area contributed by atoms with Gasteiger partial charge in [-0.15, -0.1) is 0 Å². The minimum absolute atomic E-state index is 0.0417. The Balaban J connectivity index is 2.02. The lowest BCUT2D eigenvalue weighted by atomic mass is 9.98. The van der Waals surface area contributed by atoms with Crippen LogP contribution < -0.4 is 11.1 Å². The molecule has 21 heavy (non-hydrogen) atoms. The lowest BCUT2D eigenvalue weighted by Crippen LogP contribution is -2.48. The molecule has 0 saturated heterocycles. The zero-order valence-corrected chi connectivity index (χ0v) is 13.2. The largest absolute Gasteiger partial charge is 0.324 e. The van der Waals surface area contributed by atoms with Crippen molar-refractivity contribution in [1.29, 1.82) is 0 Å². The van der Waals surface area contributed by atoms with E-state index >= 15 is 0 Å². The van der Waals surface area contributed by atoms with Gasteiger partial charge in [-0.1, -0.05) is 38.8 Å². The summed E-state index contributed by atoms with van der Waals surface area (Å²) in [6, 6.07) is 8.07. The van der Waals surface area contributed by atoms with Crippen LogP contribution in [-0.2, 0) is 11.3 Å². The third kappa shape index (κ3) is 4.05. The van der Waals surface area contributed by atoms with Gasteiger partial charge < -0.3 is 11.1 Å². The number of hydrogen-bond donors (Lipinski definition) is 2. The second kappa shape index (κ2) is 7.05. The first-order valence-electron chi connectivity index (χ1n) is 7.99. The minimum atomic E-state index is -0.672. The fourth-order valence-corrected chi connectivity index (χ4v) is 2.94. The van der Waals surface area contributed by atoms with E-state index in [1.165, 1.54) is 5.56 Å². The summed E-state index contributed by atoms with van der Waals surface area (Å²) < 4.78 is 0. The maximum Gasteiger partial charge on any atom is 0.244 e. The molecule has 1 aliphatic rings.